The van der Waals surface area contributed by atoms with Crippen LogP contribution in [0.25, 0.3) is 0 Å². The Hall–Kier alpha value is -1.30. The maximum Gasteiger partial charge on any atom is 0.252 e. The fraction of sp³-hybridized carbons (Fsp3) is 0.267. The molecule has 0 bridgehead atoms. The quantitative estimate of drug-likeness (QED) is 0.862. The molecule has 1 aliphatic rings. The van der Waals surface area contributed by atoms with Gasteiger partial charge in [0, 0.05) is 15.5 Å². The molecular weight excluding hydrogens is 290 g/mol. The lowest BCUT2D eigenvalue weighted by Crippen LogP contribution is -2.48. The maximum atomic E-state index is 12.3. The molecule has 1 aliphatic heterocycles. The van der Waals surface area contributed by atoms with Crippen molar-refractivity contribution in [3.05, 3.63) is 52.2 Å². The van der Waals surface area contributed by atoms with Crippen molar-refractivity contribution in [1.82, 2.24) is 5.32 Å². The summed E-state index contributed by atoms with van der Waals surface area (Å²) in [5.41, 5.74) is 0.751. The molecule has 20 heavy (non-hydrogen) atoms. The van der Waals surface area contributed by atoms with Crippen LogP contribution in [0, 0.1) is 0 Å². The maximum absolute atomic E-state index is 12.3. The summed E-state index contributed by atoms with van der Waals surface area (Å²) in [6.45, 7) is 1.24. The number of amides is 1. The van der Waals surface area contributed by atoms with Crippen molar-refractivity contribution in [3.8, 4) is 0 Å². The monoisotopic (exact) mass is 305 g/mol. The topological polar surface area (TPSA) is 38.3 Å². The number of nitrogens with one attached hydrogen (secondary N) is 1. The molecule has 0 aliphatic carbocycles. The van der Waals surface area contributed by atoms with Gasteiger partial charge in [0.05, 0.1) is 24.8 Å². The summed E-state index contributed by atoms with van der Waals surface area (Å²) in [6, 6.07) is 12.1. The number of thiophene rings is 1. The standard InChI is InChI=1S/C15H15NO2S2/c17-15(16-11-8-18-9-11)13-5-1-2-6-14(13)20-10-12-4-3-7-19-12/h1-7,11H,8-10H2,(H,16,17). The number of ether oxygens (including phenoxy) is 1. The van der Waals surface area contributed by atoms with Crippen molar-refractivity contribution < 1.29 is 9.53 Å². The predicted octanol–water partition coefficient (Wildman–Crippen LogP) is 3.17. The van der Waals surface area contributed by atoms with Gasteiger partial charge >= 0.3 is 0 Å². The number of carbonyl (C=O) groups excluding carboxylic acids is 1. The van der Waals surface area contributed by atoms with Crippen LogP contribution in [0.4, 0.5) is 0 Å². The molecule has 0 atom stereocenters. The van der Waals surface area contributed by atoms with E-state index in [9.17, 15) is 4.79 Å². The molecule has 1 aromatic carbocycles. The molecule has 104 valence electrons. The predicted molar refractivity (Wildman–Crippen MR) is 82.4 cm³/mol. The highest BCUT2D eigenvalue weighted by Gasteiger charge is 2.22. The molecular formula is C15H15NO2S2. The molecule has 1 saturated heterocycles. The Morgan fingerprint density at radius 3 is 2.85 bits per heavy atom. The molecule has 0 saturated carbocycles. The number of hydrogen-bond donors (Lipinski definition) is 1. The van der Waals surface area contributed by atoms with Crippen LogP contribution < -0.4 is 5.32 Å². The molecule has 2 aromatic rings. The lowest BCUT2D eigenvalue weighted by Gasteiger charge is -2.27. The van der Waals surface area contributed by atoms with E-state index in [2.05, 4.69) is 22.8 Å². The second-order valence-corrected chi connectivity index (χ2v) is 6.62. The number of carbonyl (C=O) groups is 1. The van der Waals surface area contributed by atoms with Gasteiger partial charge in [0.2, 0.25) is 0 Å². The first-order chi connectivity index (χ1) is 9.83. The second-order valence-electron chi connectivity index (χ2n) is 4.57. The number of benzene rings is 1. The zero-order valence-electron chi connectivity index (χ0n) is 10.9. The average molecular weight is 305 g/mol. The molecule has 2 heterocycles. The third-order valence-corrected chi connectivity index (χ3v) is 5.24. The van der Waals surface area contributed by atoms with Crippen molar-refractivity contribution in [2.45, 2.75) is 16.7 Å². The highest BCUT2D eigenvalue weighted by molar-refractivity contribution is 7.98. The van der Waals surface area contributed by atoms with Crippen molar-refractivity contribution in [3.63, 3.8) is 0 Å². The van der Waals surface area contributed by atoms with Gasteiger partial charge in [-0.05, 0) is 23.6 Å². The van der Waals surface area contributed by atoms with Crippen molar-refractivity contribution in [2.75, 3.05) is 13.2 Å². The first-order valence-corrected chi connectivity index (χ1v) is 8.32. The molecule has 1 aromatic heterocycles. The van der Waals surface area contributed by atoms with Gasteiger partial charge in [-0.3, -0.25) is 4.79 Å². The normalized spacial score (nSPS) is 14.8. The summed E-state index contributed by atoms with van der Waals surface area (Å²) in [7, 11) is 0. The highest BCUT2D eigenvalue weighted by atomic mass is 32.2. The first-order valence-electron chi connectivity index (χ1n) is 6.46. The Labute approximate surface area is 126 Å². The van der Waals surface area contributed by atoms with Crippen LogP contribution >= 0.6 is 23.1 Å². The fourth-order valence-corrected chi connectivity index (χ4v) is 3.73. The minimum atomic E-state index is -0.00687. The molecule has 3 nitrogen and oxygen atoms in total. The van der Waals surface area contributed by atoms with E-state index >= 15 is 0 Å². The summed E-state index contributed by atoms with van der Waals surface area (Å²) >= 11 is 3.45. The van der Waals surface area contributed by atoms with Crippen LogP contribution in [0.5, 0.6) is 0 Å². The first kappa shape index (κ1) is 13.7. The van der Waals surface area contributed by atoms with Crippen LogP contribution in [0.15, 0.2) is 46.7 Å². The summed E-state index contributed by atoms with van der Waals surface area (Å²) < 4.78 is 5.08. The third-order valence-electron chi connectivity index (χ3n) is 3.06. The largest absolute Gasteiger partial charge is 0.377 e. The second kappa shape index (κ2) is 6.43. The van der Waals surface area contributed by atoms with Gasteiger partial charge in [-0.15, -0.1) is 23.1 Å². The van der Waals surface area contributed by atoms with Gasteiger partial charge in [-0.2, -0.15) is 0 Å². The number of hydrogen-bond acceptors (Lipinski definition) is 4. The fourth-order valence-electron chi connectivity index (χ4n) is 1.91. The Morgan fingerprint density at radius 1 is 1.30 bits per heavy atom. The molecule has 1 fully saturated rings. The molecule has 0 radical (unpaired) electrons. The Morgan fingerprint density at radius 2 is 2.15 bits per heavy atom. The van der Waals surface area contributed by atoms with Crippen LogP contribution in [0.3, 0.4) is 0 Å². The van der Waals surface area contributed by atoms with Crippen LogP contribution in [-0.2, 0) is 10.5 Å². The number of rotatable bonds is 5. The lowest BCUT2D eigenvalue weighted by atomic mass is 10.2. The lowest BCUT2D eigenvalue weighted by molar-refractivity contribution is -0.00351. The zero-order chi connectivity index (χ0) is 13.8. The van der Waals surface area contributed by atoms with Gasteiger partial charge in [-0.25, -0.2) is 0 Å². The van der Waals surface area contributed by atoms with Gasteiger partial charge < -0.3 is 10.1 Å². The molecule has 5 heteroatoms. The summed E-state index contributed by atoms with van der Waals surface area (Å²) in [5, 5.41) is 5.07. The van der Waals surface area contributed by atoms with E-state index in [1.54, 1.807) is 23.1 Å². The van der Waals surface area contributed by atoms with Crippen LogP contribution in [0.2, 0.25) is 0 Å². The minimum absolute atomic E-state index is 0.00687. The molecule has 0 spiro atoms. The van der Waals surface area contributed by atoms with Crippen molar-refractivity contribution >= 4 is 29.0 Å². The average Bonchev–Trinajstić information content (AvgIpc) is 2.94. The Bertz CT molecular complexity index is 579. The minimum Gasteiger partial charge on any atom is -0.377 e. The van der Waals surface area contributed by atoms with E-state index in [0.29, 0.717) is 13.2 Å². The smallest absolute Gasteiger partial charge is 0.252 e. The molecule has 0 unspecified atom stereocenters. The Balaban J connectivity index is 1.68. The highest BCUT2D eigenvalue weighted by Crippen LogP contribution is 2.28. The summed E-state index contributed by atoms with van der Waals surface area (Å²) in [5.74, 6) is 0.890. The zero-order valence-corrected chi connectivity index (χ0v) is 12.5. The van der Waals surface area contributed by atoms with E-state index in [4.69, 9.17) is 4.74 Å². The van der Waals surface area contributed by atoms with Gasteiger partial charge in [0.1, 0.15) is 0 Å². The van der Waals surface area contributed by atoms with Crippen LogP contribution in [0.1, 0.15) is 15.2 Å². The van der Waals surface area contributed by atoms with Crippen molar-refractivity contribution in [1.29, 1.82) is 0 Å². The van der Waals surface area contributed by atoms with E-state index in [-0.39, 0.29) is 11.9 Å². The van der Waals surface area contributed by atoms with Crippen molar-refractivity contribution in [2.24, 2.45) is 0 Å². The molecule has 1 N–H and O–H groups in total. The van der Waals surface area contributed by atoms with E-state index in [1.165, 1.54) is 4.88 Å². The van der Waals surface area contributed by atoms with Gasteiger partial charge in [0.15, 0.2) is 0 Å². The SMILES string of the molecule is O=C(NC1COC1)c1ccccc1SCc1cccs1. The van der Waals surface area contributed by atoms with Gasteiger partial charge in [-0.1, -0.05) is 18.2 Å². The molecule has 3 rings (SSSR count). The van der Waals surface area contributed by atoms with E-state index in [0.717, 1.165) is 16.2 Å². The summed E-state index contributed by atoms with van der Waals surface area (Å²) in [6.07, 6.45) is 0. The van der Waals surface area contributed by atoms with Gasteiger partial charge in [0.25, 0.3) is 5.91 Å². The third kappa shape index (κ3) is 3.23. The molecule has 1 amide bonds. The van der Waals surface area contributed by atoms with E-state index in [1.807, 2.05) is 24.3 Å². The number of thioether (sulfide) groups is 1. The van der Waals surface area contributed by atoms with Crippen LogP contribution in [-0.4, -0.2) is 25.2 Å². The van der Waals surface area contributed by atoms with E-state index < -0.39 is 0 Å². The summed E-state index contributed by atoms with van der Waals surface area (Å²) in [4.78, 5) is 14.6. The Kier molecular flexibility index (Phi) is 4.40.